The maximum absolute atomic E-state index is 13.5. The molecule has 0 aromatic heterocycles. The van der Waals surface area contributed by atoms with Gasteiger partial charge in [0.05, 0.1) is 5.02 Å². The molecule has 0 aliphatic carbocycles. The molecule has 3 aromatic carbocycles. The van der Waals surface area contributed by atoms with Crippen molar-refractivity contribution in [3.63, 3.8) is 0 Å². The van der Waals surface area contributed by atoms with E-state index in [0.29, 0.717) is 23.7 Å². The van der Waals surface area contributed by atoms with Crippen molar-refractivity contribution in [2.45, 2.75) is 32.9 Å². The summed E-state index contributed by atoms with van der Waals surface area (Å²) in [5, 5.41) is 3.44. The van der Waals surface area contributed by atoms with Crippen molar-refractivity contribution >= 4 is 39.3 Å². The highest BCUT2D eigenvalue weighted by Crippen LogP contribution is 2.24. The zero-order valence-corrected chi connectivity index (χ0v) is 22.3. The lowest BCUT2D eigenvalue weighted by atomic mass is 10.0. The first-order valence-electron chi connectivity index (χ1n) is 11.6. The molecule has 0 heterocycles. The molecule has 1 N–H and O–H groups in total. The number of hydrogen-bond donors (Lipinski definition) is 1. The molecule has 184 valence electrons. The summed E-state index contributed by atoms with van der Waals surface area (Å²) in [6.45, 7) is 4.64. The molecule has 0 radical (unpaired) electrons. The summed E-state index contributed by atoms with van der Waals surface area (Å²) in [4.78, 5) is 28.5. The maximum atomic E-state index is 13.5. The maximum Gasteiger partial charge on any atom is 0.261 e. The average molecular weight is 558 g/mol. The van der Waals surface area contributed by atoms with Gasteiger partial charge in [-0.25, -0.2) is 0 Å². The molecule has 0 aliphatic heterocycles. The van der Waals surface area contributed by atoms with Gasteiger partial charge in [0.15, 0.2) is 6.61 Å². The number of carbonyl (C=O) groups excluding carboxylic acids is 2. The lowest BCUT2D eigenvalue weighted by molar-refractivity contribution is -0.142. The number of halogens is 2. The molecule has 0 aliphatic rings. The van der Waals surface area contributed by atoms with E-state index in [4.69, 9.17) is 16.3 Å². The summed E-state index contributed by atoms with van der Waals surface area (Å²) >= 11 is 9.66. The summed E-state index contributed by atoms with van der Waals surface area (Å²) < 4.78 is 6.69. The standard InChI is InChI=1S/C28H30BrClN2O3/c1-20(2)17-31-28(34)25(16-21-8-4-3-5-9-21)32(18-22-12-14-23(29)15-13-22)27(33)19-35-26-11-7-6-10-24(26)30/h3-15,20,25H,16-19H2,1-2H3,(H,31,34)/t25-/m1/s1. The van der Waals surface area contributed by atoms with Crippen LogP contribution in [0.5, 0.6) is 5.75 Å². The highest BCUT2D eigenvalue weighted by molar-refractivity contribution is 9.10. The van der Waals surface area contributed by atoms with Gasteiger partial charge in [0, 0.05) is 24.0 Å². The van der Waals surface area contributed by atoms with E-state index in [-0.39, 0.29) is 30.9 Å². The van der Waals surface area contributed by atoms with Crippen molar-refractivity contribution in [3.05, 3.63) is 99.5 Å². The second kappa shape index (κ2) is 13.3. The fourth-order valence-corrected chi connectivity index (χ4v) is 4.00. The highest BCUT2D eigenvalue weighted by Gasteiger charge is 2.30. The predicted octanol–water partition coefficient (Wildman–Crippen LogP) is 5.89. The molecule has 0 unspecified atom stereocenters. The smallest absolute Gasteiger partial charge is 0.261 e. The molecular weight excluding hydrogens is 528 g/mol. The molecule has 0 bridgehead atoms. The van der Waals surface area contributed by atoms with Gasteiger partial charge in [-0.15, -0.1) is 0 Å². The minimum Gasteiger partial charge on any atom is -0.482 e. The normalized spacial score (nSPS) is 11.7. The van der Waals surface area contributed by atoms with Crippen molar-refractivity contribution in [1.29, 1.82) is 0 Å². The van der Waals surface area contributed by atoms with Crippen LogP contribution in [-0.4, -0.2) is 35.9 Å². The van der Waals surface area contributed by atoms with Crippen molar-refractivity contribution in [3.8, 4) is 5.75 Å². The first-order valence-corrected chi connectivity index (χ1v) is 12.7. The summed E-state index contributed by atoms with van der Waals surface area (Å²) in [6.07, 6.45) is 0.388. The molecule has 7 heteroatoms. The van der Waals surface area contributed by atoms with Crippen LogP contribution in [0.1, 0.15) is 25.0 Å². The number of ether oxygens (including phenoxy) is 1. The monoisotopic (exact) mass is 556 g/mol. The Morgan fingerprint density at radius 2 is 1.60 bits per heavy atom. The van der Waals surface area contributed by atoms with Crippen LogP contribution < -0.4 is 10.1 Å². The van der Waals surface area contributed by atoms with Crippen molar-refractivity contribution < 1.29 is 14.3 Å². The Labute approximate surface area is 220 Å². The van der Waals surface area contributed by atoms with Gasteiger partial charge in [-0.05, 0) is 41.3 Å². The number of rotatable bonds is 11. The van der Waals surface area contributed by atoms with Gasteiger partial charge in [-0.2, -0.15) is 0 Å². The van der Waals surface area contributed by atoms with Crippen molar-refractivity contribution in [1.82, 2.24) is 10.2 Å². The quantitative estimate of drug-likeness (QED) is 0.320. The SMILES string of the molecule is CC(C)CNC(=O)[C@@H](Cc1ccccc1)N(Cc1ccc(Br)cc1)C(=O)COc1ccccc1Cl. The van der Waals surface area contributed by atoms with E-state index in [2.05, 4.69) is 21.2 Å². The third-order valence-corrected chi connectivity index (χ3v) is 6.25. The zero-order valence-electron chi connectivity index (χ0n) is 19.9. The number of hydrogen-bond acceptors (Lipinski definition) is 3. The van der Waals surface area contributed by atoms with E-state index in [1.54, 1.807) is 29.2 Å². The Hall–Kier alpha value is -2.83. The summed E-state index contributed by atoms with van der Waals surface area (Å²) in [5.74, 6) is 0.227. The Morgan fingerprint density at radius 1 is 0.943 bits per heavy atom. The molecule has 0 spiro atoms. The lowest BCUT2D eigenvalue weighted by Crippen LogP contribution is -2.52. The van der Waals surface area contributed by atoms with E-state index in [1.807, 2.05) is 68.4 Å². The van der Waals surface area contributed by atoms with Crippen LogP contribution in [0.2, 0.25) is 5.02 Å². The molecule has 0 fully saturated rings. The molecule has 3 aromatic rings. The molecule has 2 amide bonds. The van der Waals surface area contributed by atoms with Gasteiger partial charge < -0.3 is 15.0 Å². The summed E-state index contributed by atoms with van der Waals surface area (Å²) in [7, 11) is 0. The molecule has 5 nitrogen and oxygen atoms in total. The van der Waals surface area contributed by atoms with E-state index < -0.39 is 6.04 Å². The fraction of sp³-hybridized carbons (Fsp3) is 0.286. The number of amides is 2. The Kier molecular flexibility index (Phi) is 10.2. The largest absolute Gasteiger partial charge is 0.482 e. The number of para-hydroxylation sites is 1. The van der Waals surface area contributed by atoms with E-state index in [1.165, 1.54) is 0 Å². The molecule has 35 heavy (non-hydrogen) atoms. The fourth-order valence-electron chi connectivity index (χ4n) is 3.55. The van der Waals surface area contributed by atoms with E-state index in [9.17, 15) is 9.59 Å². The van der Waals surface area contributed by atoms with Crippen LogP contribution >= 0.6 is 27.5 Å². The predicted molar refractivity (Wildman–Crippen MR) is 143 cm³/mol. The lowest BCUT2D eigenvalue weighted by Gasteiger charge is -2.31. The number of nitrogens with one attached hydrogen (secondary N) is 1. The first kappa shape index (κ1) is 26.8. The summed E-state index contributed by atoms with van der Waals surface area (Å²) in [6, 6.07) is 23.7. The highest BCUT2D eigenvalue weighted by atomic mass is 79.9. The molecule has 1 atom stereocenters. The van der Waals surface area contributed by atoms with Gasteiger partial charge in [0.2, 0.25) is 5.91 Å². The van der Waals surface area contributed by atoms with Crippen LogP contribution in [0.4, 0.5) is 0 Å². The van der Waals surface area contributed by atoms with Crippen LogP contribution in [0.25, 0.3) is 0 Å². The van der Waals surface area contributed by atoms with Gasteiger partial charge in [0.25, 0.3) is 5.91 Å². The third kappa shape index (κ3) is 8.41. The Balaban J connectivity index is 1.90. The second-order valence-corrected chi connectivity index (χ2v) is 10.0. The van der Waals surface area contributed by atoms with E-state index >= 15 is 0 Å². The summed E-state index contributed by atoms with van der Waals surface area (Å²) in [5.41, 5.74) is 1.88. The number of nitrogens with zero attached hydrogens (tertiary/aromatic N) is 1. The van der Waals surface area contributed by atoms with Gasteiger partial charge in [-0.3, -0.25) is 9.59 Å². The van der Waals surface area contributed by atoms with Gasteiger partial charge in [-0.1, -0.05) is 96.0 Å². The first-order chi connectivity index (χ1) is 16.8. The molecule has 3 rings (SSSR count). The molecule has 0 saturated heterocycles. The van der Waals surface area contributed by atoms with Gasteiger partial charge in [0.1, 0.15) is 11.8 Å². The Morgan fingerprint density at radius 3 is 2.26 bits per heavy atom. The second-order valence-electron chi connectivity index (χ2n) is 8.71. The topological polar surface area (TPSA) is 58.6 Å². The van der Waals surface area contributed by atoms with Crippen molar-refractivity contribution in [2.24, 2.45) is 5.92 Å². The van der Waals surface area contributed by atoms with Crippen LogP contribution in [0, 0.1) is 5.92 Å². The van der Waals surface area contributed by atoms with Crippen molar-refractivity contribution in [2.75, 3.05) is 13.2 Å². The van der Waals surface area contributed by atoms with Gasteiger partial charge >= 0.3 is 0 Å². The molecule has 0 saturated carbocycles. The minimum atomic E-state index is -0.706. The minimum absolute atomic E-state index is 0.189. The molecular formula is C28H30BrClN2O3. The number of carbonyl (C=O) groups is 2. The van der Waals surface area contributed by atoms with Crippen LogP contribution in [-0.2, 0) is 22.6 Å². The third-order valence-electron chi connectivity index (χ3n) is 5.41. The zero-order chi connectivity index (χ0) is 25.2. The Bertz CT molecular complexity index is 1110. The van der Waals surface area contributed by atoms with Crippen LogP contribution in [0.15, 0.2) is 83.3 Å². The van der Waals surface area contributed by atoms with E-state index in [0.717, 1.165) is 15.6 Å². The van der Waals surface area contributed by atoms with Crippen LogP contribution in [0.3, 0.4) is 0 Å². The average Bonchev–Trinajstić information content (AvgIpc) is 2.85. The number of benzene rings is 3.